The maximum Gasteiger partial charge on any atom is 0.460 e. The molecular weight excluding hydrogens is 539 g/mol. The van der Waals surface area contributed by atoms with Crippen molar-refractivity contribution < 1.29 is 57.3 Å². The van der Waals surface area contributed by atoms with Crippen LogP contribution in [0.25, 0.3) is 10.8 Å². The number of benzene rings is 2. The van der Waals surface area contributed by atoms with Crippen LogP contribution in [0.2, 0.25) is 0 Å². The zero-order valence-electron chi connectivity index (χ0n) is 17.4. The van der Waals surface area contributed by atoms with Crippen molar-refractivity contribution in [1.29, 1.82) is 0 Å². The third-order valence-electron chi connectivity index (χ3n) is 5.13. The van der Waals surface area contributed by atoms with Crippen molar-refractivity contribution in [2.75, 3.05) is 11.5 Å². The number of hydrogen-bond donors (Lipinski definition) is 0. The maximum atomic E-state index is 12.2. The molecule has 1 aliphatic rings. The maximum absolute atomic E-state index is 12.2. The molecule has 2 aromatic carbocycles. The minimum absolute atomic E-state index is 0.273. The lowest BCUT2D eigenvalue weighted by atomic mass is 10.0. The molecule has 0 aliphatic carbocycles. The third kappa shape index (κ3) is 5.71. The molecule has 0 radical (unpaired) electrons. The Morgan fingerprint density at radius 1 is 0.914 bits per heavy atom. The third-order valence-corrected chi connectivity index (χ3v) is 8.71. The quantitative estimate of drug-likeness (QED) is 0.205. The van der Waals surface area contributed by atoms with Gasteiger partial charge >= 0.3 is 23.3 Å². The van der Waals surface area contributed by atoms with E-state index >= 15 is 0 Å². The van der Waals surface area contributed by atoms with Gasteiger partial charge in [-0.05, 0) is 23.3 Å². The Balaban J connectivity index is 0.000000248. The highest BCUT2D eigenvalue weighted by Crippen LogP contribution is 2.54. The number of aldehydes is 1. The molecule has 1 heterocycles. The number of fused-ring (bicyclic) bond motifs is 1. The Morgan fingerprint density at radius 3 is 2.00 bits per heavy atom. The van der Waals surface area contributed by atoms with Crippen molar-refractivity contribution in [3.05, 3.63) is 48.0 Å². The molecule has 196 valence electrons. The molecule has 0 aromatic heterocycles. The normalized spacial score (nSPS) is 19.8. The number of halogens is 9. The number of rotatable bonds is 6. The van der Waals surface area contributed by atoms with Gasteiger partial charge in [-0.25, -0.2) is 8.42 Å². The first-order valence-corrected chi connectivity index (χ1v) is 12.7. The predicted octanol–water partition coefficient (Wildman–Crippen LogP) is 5.45. The molecule has 3 rings (SSSR count). The molecule has 2 atom stereocenters. The Bertz CT molecular complexity index is 1150. The minimum atomic E-state index is -7.43. The van der Waals surface area contributed by atoms with E-state index in [0.29, 0.717) is 5.25 Å². The van der Waals surface area contributed by atoms with E-state index in [9.17, 15) is 57.3 Å². The zero-order chi connectivity index (χ0) is 26.9. The monoisotopic (exact) mass is 556 g/mol. The highest BCUT2D eigenvalue weighted by atomic mass is 32.2. The highest BCUT2D eigenvalue weighted by molar-refractivity contribution is 7.97. The van der Waals surface area contributed by atoms with Crippen molar-refractivity contribution in [2.45, 2.75) is 41.4 Å². The average Bonchev–Trinajstić information content (AvgIpc) is 3.20. The van der Waals surface area contributed by atoms with E-state index in [1.54, 1.807) is 0 Å². The van der Waals surface area contributed by atoms with E-state index in [4.69, 9.17) is 0 Å². The molecule has 35 heavy (non-hydrogen) atoms. The van der Waals surface area contributed by atoms with E-state index in [0.717, 1.165) is 12.0 Å². The Morgan fingerprint density at radius 2 is 1.49 bits per heavy atom. The summed E-state index contributed by atoms with van der Waals surface area (Å²) < 4.78 is 135. The zero-order valence-corrected chi connectivity index (χ0v) is 19.0. The first-order chi connectivity index (χ1) is 15.9. The summed E-state index contributed by atoms with van der Waals surface area (Å²) in [7, 11) is -7.14. The Kier molecular flexibility index (Phi) is 8.49. The Hall–Kier alpha value is -2.00. The van der Waals surface area contributed by atoms with Crippen LogP contribution in [0.15, 0.2) is 42.5 Å². The van der Waals surface area contributed by atoms with Crippen LogP contribution in [0.1, 0.15) is 23.7 Å². The summed E-state index contributed by atoms with van der Waals surface area (Å²) in [5, 5.41) is -3.88. The van der Waals surface area contributed by atoms with E-state index in [-0.39, 0.29) is 10.9 Å². The lowest BCUT2D eigenvalue weighted by Gasteiger charge is -2.34. The van der Waals surface area contributed by atoms with E-state index in [1.165, 1.54) is 34.9 Å². The first kappa shape index (κ1) is 29.2. The second-order valence-corrected chi connectivity index (χ2v) is 11.2. The molecule has 1 aliphatic heterocycles. The second-order valence-electron chi connectivity index (χ2n) is 7.43. The summed E-state index contributed by atoms with van der Waals surface area (Å²) in [5.74, 6) is -12.8. The van der Waals surface area contributed by atoms with Crippen LogP contribution in [0.3, 0.4) is 0 Å². The molecule has 0 bridgehead atoms. The van der Waals surface area contributed by atoms with Gasteiger partial charge in [0.1, 0.15) is 11.0 Å². The van der Waals surface area contributed by atoms with Crippen LogP contribution in [0, 0.1) is 0 Å². The van der Waals surface area contributed by atoms with Crippen molar-refractivity contribution in [3.63, 3.8) is 0 Å². The van der Waals surface area contributed by atoms with Crippen LogP contribution in [0.4, 0.5) is 39.5 Å². The molecule has 0 amide bonds. The standard InChI is InChI=1S/C16H17OS.C4HF9O3S/c17-9-11-18-10-3-6-16(18)15-8-7-13-4-1-2-5-14(13)12-15;5-1(6,3(9,10)11)2(7,8)4(12,13)17(14,15)16/h1-2,4-5,7-9,12,16H,3,6,10-11H2;(H,14,15,16)/q+1;/p-1. The smallest absolute Gasteiger partial charge is 0.460 e. The van der Waals surface area contributed by atoms with E-state index in [1.807, 2.05) is 0 Å². The van der Waals surface area contributed by atoms with Crippen molar-refractivity contribution in [3.8, 4) is 0 Å². The Labute approximate surface area is 196 Å². The van der Waals surface area contributed by atoms with Gasteiger partial charge in [-0.2, -0.15) is 39.5 Å². The first-order valence-electron chi connectivity index (χ1n) is 9.62. The molecule has 0 spiro atoms. The molecule has 2 unspecified atom stereocenters. The topological polar surface area (TPSA) is 74.3 Å². The van der Waals surface area contributed by atoms with Crippen molar-refractivity contribution in [1.82, 2.24) is 0 Å². The van der Waals surface area contributed by atoms with Gasteiger partial charge < -0.3 is 4.55 Å². The van der Waals surface area contributed by atoms with Crippen LogP contribution >= 0.6 is 0 Å². The summed E-state index contributed by atoms with van der Waals surface area (Å²) >= 11 is 0. The predicted molar refractivity (Wildman–Crippen MR) is 110 cm³/mol. The molecule has 1 fully saturated rings. The number of carbonyl (C=O) groups excluding carboxylic acids is 1. The molecule has 2 aromatic rings. The summed E-state index contributed by atoms with van der Waals surface area (Å²) in [6, 6.07) is 15.3. The lowest BCUT2D eigenvalue weighted by Crippen LogP contribution is -2.63. The fraction of sp³-hybridized carbons (Fsp3) is 0.450. The van der Waals surface area contributed by atoms with Gasteiger partial charge in [-0.3, -0.25) is 4.79 Å². The van der Waals surface area contributed by atoms with Gasteiger partial charge in [0.2, 0.25) is 0 Å². The van der Waals surface area contributed by atoms with Crippen molar-refractivity contribution >= 4 is 38.1 Å². The minimum Gasteiger partial charge on any atom is -0.743 e. The molecule has 4 nitrogen and oxygen atoms in total. The number of hydrogen-bond acceptors (Lipinski definition) is 4. The second kappa shape index (κ2) is 10.2. The molecular formula is C20H17F9O4S2. The van der Waals surface area contributed by atoms with Crippen LogP contribution in [-0.4, -0.2) is 54.0 Å². The van der Waals surface area contributed by atoms with Crippen LogP contribution < -0.4 is 0 Å². The van der Waals surface area contributed by atoms with Gasteiger partial charge in [-0.1, -0.05) is 36.4 Å². The molecule has 1 saturated heterocycles. The fourth-order valence-electron chi connectivity index (χ4n) is 3.33. The van der Waals surface area contributed by atoms with Gasteiger partial charge in [-0.15, -0.1) is 0 Å². The van der Waals surface area contributed by atoms with Gasteiger partial charge in [0.25, 0.3) is 0 Å². The molecule has 0 saturated carbocycles. The summed E-state index contributed by atoms with van der Waals surface area (Å²) in [6.07, 6.45) is -3.54. The summed E-state index contributed by atoms with van der Waals surface area (Å²) in [6.45, 7) is 0. The number of carbonyl (C=O) groups is 1. The molecule has 0 N–H and O–H groups in total. The summed E-state index contributed by atoms with van der Waals surface area (Å²) in [5.41, 5.74) is 1.43. The average molecular weight is 556 g/mol. The largest absolute Gasteiger partial charge is 0.743 e. The summed E-state index contributed by atoms with van der Waals surface area (Å²) in [4.78, 5) is 10.8. The van der Waals surface area contributed by atoms with Gasteiger partial charge in [0, 0.05) is 22.9 Å². The highest BCUT2D eigenvalue weighted by Gasteiger charge is 2.83. The van der Waals surface area contributed by atoms with E-state index in [2.05, 4.69) is 42.5 Å². The fourth-order valence-corrected chi connectivity index (χ4v) is 6.20. The van der Waals surface area contributed by atoms with Crippen LogP contribution in [-0.2, 0) is 25.8 Å². The lowest BCUT2D eigenvalue weighted by molar-refractivity contribution is -0.382. The van der Waals surface area contributed by atoms with Gasteiger partial charge in [0.15, 0.2) is 22.2 Å². The molecule has 15 heteroatoms. The number of alkyl halides is 9. The van der Waals surface area contributed by atoms with Crippen molar-refractivity contribution in [2.24, 2.45) is 0 Å². The van der Waals surface area contributed by atoms with Gasteiger partial charge in [0.05, 0.1) is 0 Å². The van der Waals surface area contributed by atoms with Crippen LogP contribution in [0.5, 0.6) is 0 Å². The van der Waals surface area contributed by atoms with E-state index < -0.39 is 33.4 Å². The SMILES string of the molecule is O=CC[S+]1CCCC1c1ccc2ccccc2c1.O=S(=O)([O-])C(F)(F)C(F)(F)C(F)(F)C(F)(F)F.